The molecule has 3 rings (SSSR count). The quantitative estimate of drug-likeness (QED) is 0.282. The molecular formula is C20H12ClN3O4. The number of nitro benzene ring substituents is 1. The Bertz CT molecular complexity index is 1130. The number of furan rings is 1. The maximum Gasteiger partial charge on any atom is 0.271 e. The molecule has 2 aromatic carbocycles. The summed E-state index contributed by atoms with van der Waals surface area (Å²) in [4.78, 5) is 22.6. The molecule has 3 aromatic rings. The molecule has 138 valence electrons. The maximum absolute atomic E-state index is 12.3. The topological polar surface area (TPSA) is 109 Å². The first-order chi connectivity index (χ1) is 13.5. The maximum atomic E-state index is 12.3. The fourth-order valence-electron chi connectivity index (χ4n) is 2.41. The van der Waals surface area contributed by atoms with Crippen molar-refractivity contribution >= 4 is 35.0 Å². The molecule has 1 aromatic heterocycles. The number of nitro groups is 1. The van der Waals surface area contributed by atoms with Crippen LogP contribution in [0.4, 0.5) is 11.4 Å². The number of carbonyl (C=O) groups excluding carboxylic acids is 1. The standard InChI is InChI=1S/C20H12ClN3O4/c21-15-4-1-3-13(9-15)19-8-7-18(28-19)10-14(12-22)20(25)23-16-5-2-6-17(11-16)24(26)27/h1-11H,(H,23,25)/b14-10+. The van der Waals surface area contributed by atoms with Crippen LogP contribution in [0.2, 0.25) is 5.02 Å². The molecule has 1 heterocycles. The van der Waals surface area contributed by atoms with Gasteiger partial charge in [0.1, 0.15) is 23.2 Å². The van der Waals surface area contributed by atoms with E-state index >= 15 is 0 Å². The van der Waals surface area contributed by atoms with Gasteiger partial charge in [0, 0.05) is 34.5 Å². The van der Waals surface area contributed by atoms with Gasteiger partial charge in [0.05, 0.1) is 4.92 Å². The van der Waals surface area contributed by atoms with Crippen LogP contribution in [0, 0.1) is 21.4 Å². The van der Waals surface area contributed by atoms with E-state index in [1.807, 2.05) is 6.07 Å². The van der Waals surface area contributed by atoms with Gasteiger partial charge in [-0.15, -0.1) is 0 Å². The second kappa shape index (κ2) is 8.20. The molecule has 0 saturated heterocycles. The number of hydrogen-bond acceptors (Lipinski definition) is 5. The second-order valence-electron chi connectivity index (χ2n) is 5.64. The number of hydrogen-bond donors (Lipinski definition) is 1. The predicted molar refractivity (Wildman–Crippen MR) is 104 cm³/mol. The number of nitriles is 1. The molecule has 28 heavy (non-hydrogen) atoms. The van der Waals surface area contributed by atoms with E-state index < -0.39 is 10.8 Å². The van der Waals surface area contributed by atoms with Crippen LogP contribution in [-0.2, 0) is 4.79 Å². The molecule has 1 N–H and O–H groups in total. The summed E-state index contributed by atoms with van der Waals surface area (Å²) in [6.45, 7) is 0. The highest BCUT2D eigenvalue weighted by atomic mass is 35.5. The number of anilines is 1. The Morgan fingerprint density at radius 2 is 1.96 bits per heavy atom. The summed E-state index contributed by atoms with van der Waals surface area (Å²) in [5.41, 5.74) is 0.585. The molecule has 0 aliphatic rings. The number of benzene rings is 2. The Labute approximate surface area is 164 Å². The second-order valence-corrected chi connectivity index (χ2v) is 6.08. The van der Waals surface area contributed by atoms with Crippen LogP contribution in [0.15, 0.2) is 70.7 Å². The van der Waals surface area contributed by atoms with E-state index in [-0.39, 0.29) is 16.9 Å². The molecule has 0 spiro atoms. The zero-order chi connectivity index (χ0) is 20.1. The van der Waals surface area contributed by atoms with Gasteiger partial charge < -0.3 is 9.73 Å². The van der Waals surface area contributed by atoms with Gasteiger partial charge in [-0.1, -0.05) is 29.8 Å². The van der Waals surface area contributed by atoms with E-state index in [1.54, 1.807) is 36.4 Å². The van der Waals surface area contributed by atoms with Crippen molar-refractivity contribution in [2.45, 2.75) is 0 Å². The van der Waals surface area contributed by atoms with E-state index in [9.17, 15) is 20.2 Å². The molecule has 0 aliphatic heterocycles. The normalized spacial score (nSPS) is 10.9. The van der Waals surface area contributed by atoms with Crippen molar-refractivity contribution in [3.05, 3.63) is 87.1 Å². The zero-order valence-corrected chi connectivity index (χ0v) is 15.0. The van der Waals surface area contributed by atoms with Gasteiger partial charge >= 0.3 is 0 Å². The molecule has 0 unspecified atom stereocenters. The Balaban J connectivity index is 1.80. The molecule has 0 atom stereocenters. The summed E-state index contributed by atoms with van der Waals surface area (Å²) in [6, 6.07) is 17.6. The largest absolute Gasteiger partial charge is 0.457 e. The van der Waals surface area contributed by atoms with E-state index in [0.717, 1.165) is 5.56 Å². The minimum Gasteiger partial charge on any atom is -0.457 e. The molecule has 8 heteroatoms. The third-order valence-corrected chi connectivity index (χ3v) is 3.94. The number of nitrogens with zero attached hydrogens (tertiary/aromatic N) is 2. The van der Waals surface area contributed by atoms with Gasteiger partial charge in [-0.05, 0) is 30.3 Å². The van der Waals surface area contributed by atoms with Gasteiger partial charge in [0.2, 0.25) is 0 Å². The zero-order valence-electron chi connectivity index (χ0n) is 14.3. The van der Waals surface area contributed by atoms with Crippen molar-refractivity contribution in [1.29, 1.82) is 5.26 Å². The highest BCUT2D eigenvalue weighted by molar-refractivity contribution is 6.30. The lowest BCUT2D eigenvalue weighted by molar-refractivity contribution is -0.384. The molecule has 0 saturated carbocycles. The molecule has 0 bridgehead atoms. The summed E-state index contributed by atoms with van der Waals surface area (Å²) >= 11 is 5.97. The van der Waals surface area contributed by atoms with Crippen LogP contribution < -0.4 is 5.32 Å². The van der Waals surface area contributed by atoms with Gasteiger partial charge in [-0.2, -0.15) is 5.26 Å². The number of rotatable bonds is 5. The molecule has 0 aliphatic carbocycles. The molecule has 1 amide bonds. The van der Waals surface area contributed by atoms with Crippen molar-refractivity contribution < 1.29 is 14.1 Å². The van der Waals surface area contributed by atoms with E-state index in [0.29, 0.717) is 16.5 Å². The van der Waals surface area contributed by atoms with Crippen molar-refractivity contribution in [2.75, 3.05) is 5.32 Å². The monoisotopic (exact) mass is 393 g/mol. The Morgan fingerprint density at radius 1 is 1.18 bits per heavy atom. The molecule has 0 radical (unpaired) electrons. The number of non-ortho nitro benzene ring substituents is 1. The van der Waals surface area contributed by atoms with Crippen molar-refractivity contribution in [2.24, 2.45) is 0 Å². The number of halogens is 1. The van der Waals surface area contributed by atoms with E-state index in [4.69, 9.17) is 16.0 Å². The minimum atomic E-state index is -0.705. The van der Waals surface area contributed by atoms with Crippen LogP contribution in [-0.4, -0.2) is 10.8 Å². The highest BCUT2D eigenvalue weighted by Crippen LogP contribution is 2.26. The third-order valence-electron chi connectivity index (χ3n) is 3.70. The van der Waals surface area contributed by atoms with Gasteiger partial charge in [-0.25, -0.2) is 0 Å². The van der Waals surface area contributed by atoms with Crippen LogP contribution in [0.5, 0.6) is 0 Å². The summed E-state index contributed by atoms with van der Waals surface area (Å²) in [5.74, 6) is 0.134. The van der Waals surface area contributed by atoms with E-state index in [2.05, 4.69) is 5.32 Å². The number of carbonyl (C=O) groups is 1. The Morgan fingerprint density at radius 3 is 2.68 bits per heavy atom. The van der Waals surface area contributed by atoms with Crippen LogP contribution >= 0.6 is 11.6 Å². The average Bonchev–Trinajstić information content (AvgIpc) is 3.15. The first-order valence-electron chi connectivity index (χ1n) is 7.99. The van der Waals surface area contributed by atoms with Gasteiger partial charge in [-0.3, -0.25) is 14.9 Å². The van der Waals surface area contributed by atoms with Crippen molar-refractivity contribution in [1.82, 2.24) is 0 Å². The van der Waals surface area contributed by atoms with Crippen molar-refractivity contribution in [3.8, 4) is 17.4 Å². The minimum absolute atomic E-state index is 0.169. The number of nitrogens with one attached hydrogen (secondary N) is 1. The fraction of sp³-hybridized carbons (Fsp3) is 0. The SMILES string of the molecule is N#C/C(=C\c1ccc(-c2cccc(Cl)c2)o1)C(=O)Nc1cccc([N+](=O)[O-])c1. The summed E-state index contributed by atoms with van der Waals surface area (Å²) in [5, 5.41) is 23.1. The summed E-state index contributed by atoms with van der Waals surface area (Å²) < 4.78 is 5.65. The molecule has 0 fully saturated rings. The molecular weight excluding hydrogens is 382 g/mol. The van der Waals surface area contributed by atoms with Gasteiger partial charge in [0.15, 0.2) is 0 Å². The highest BCUT2D eigenvalue weighted by Gasteiger charge is 2.13. The summed E-state index contributed by atoms with van der Waals surface area (Å²) in [7, 11) is 0. The van der Waals surface area contributed by atoms with Crippen LogP contribution in [0.3, 0.4) is 0 Å². The third kappa shape index (κ3) is 4.44. The number of amides is 1. The Kier molecular flexibility index (Phi) is 5.53. The average molecular weight is 394 g/mol. The molecule has 7 nitrogen and oxygen atoms in total. The smallest absolute Gasteiger partial charge is 0.271 e. The lowest BCUT2D eigenvalue weighted by atomic mass is 10.2. The van der Waals surface area contributed by atoms with Crippen LogP contribution in [0.25, 0.3) is 17.4 Å². The lowest BCUT2D eigenvalue weighted by Gasteiger charge is -2.03. The first kappa shape index (κ1) is 18.9. The lowest BCUT2D eigenvalue weighted by Crippen LogP contribution is -2.13. The van der Waals surface area contributed by atoms with Crippen molar-refractivity contribution in [3.63, 3.8) is 0 Å². The van der Waals surface area contributed by atoms with Gasteiger partial charge in [0.25, 0.3) is 11.6 Å². The van der Waals surface area contributed by atoms with E-state index in [1.165, 1.54) is 30.3 Å². The fourth-order valence-corrected chi connectivity index (χ4v) is 2.60. The predicted octanol–water partition coefficient (Wildman–Crippen LogP) is 5.05. The first-order valence-corrected chi connectivity index (χ1v) is 8.37. The Hall–Kier alpha value is -3.89. The van der Waals surface area contributed by atoms with Crippen LogP contribution in [0.1, 0.15) is 5.76 Å². The summed E-state index contributed by atoms with van der Waals surface area (Å²) in [6.07, 6.45) is 1.29.